The van der Waals surface area contributed by atoms with Crippen LogP contribution in [0.4, 0.5) is 0 Å². The second kappa shape index (κ2) is 6.04. The summed E-state index contributed by atoms with van der Waals surface area (Å²) in [5.74, 6) is 1.35. The average Bonchev–Trinajstić information content (AvgIpc) is 2.81. The summed E-state index contributed by atoms with van der Waals surface area (Å²) in [5, 5.41) is 10.8. The molecule has 0 bridgehead atoms. The number of ether oxygens (including phenoxy) is 2. The second-order valence-electron chi connectivity index (χ2n) is 4.21. The Hall–Kier alpha value is -1.59. The monoisotopic (exact) mass is 279 g/mol. The molecule has 1 N–H and O–H groups in total. The van der Waals surface area contributed by atoms with Gasteiger partial charge in [-0.25, -0.2) is 4.98 Å². The minimum absolute atomic E-state index is 0.443. The first-order chi connectivity index (χ1) is 9.10. The molecule has 102 valence electrons. The van der Waals surface area contributed by atoms with E-state index in [1.165, 1.54) is 0 Å². The fourth-order valence-electron chi connectivity index (χ4n) is 1.73. The zero-order valence-corrected chi connectivity index (χ0v) is 12.0. The fraction of sp³-hybridized carbons (Fsp3) is 0.357. The van der Waals surface area contributed by atoms with Crippen molar-refractivity contribution in [1.82, 2.24) is 4.98 Å². The highest BCUT2D eigenvalue weighted by molar-refractivity contribution is 7.11. The van der Waals surface area contributed by atoms with Crippen molar-refractivity contribution in [2.24, 2.45) is 0 Å². The first-order valence-electron chi connectivity index (χ1n) is 6.00. The van der Waals surface area contributed by atoms with E-state index in [4.69, 9.17) is 9.47 Å². The van der Waals surface area contributed by atoms with Gasteiger partial charge >= 0.3 is 0 Å². The highest BCUT2D eigenvalue weighted by Gasteiger charge is 2.11. The number of aryl methyl sites for hydroxylation is 1. The number of nitrogens with zero attached hydrogens (tertiary/aromatic N) is 1. The van der Waals surface area contributed by atoms with Crippen molar-refractivity contribution in [2.75, 3.05) is 7.11 Å². The van der Waals surface area contributed by atoms with E-state index in [0.29, 0.717) is 18.1 Å². The van der Waals surface area contributed by atoms with E-state index in [0.717, 1.165) is 15.4 Å². The van der Waals surface area contributed by atoms with E-state index in [9.17, 15) is 5.11 Å². The molecule has 0 aliphatic carbocycles. The van der Waals surface area contributed by atoms with Crippen LogP contribution in [0.3, 0.4) is 0 Å². The number of benzene rings is 1. The molecule has 0 radical (unpaired) electrons. The first kappa shape index (κ1) is 13.8. The van der Waals surface area contributed by atoms with Crippen LogP contribution in [-0.4, -0.2) is 17.2 Å². The van der Waals surface area contributed by atoms with Gasteiger partial charge in [-0.3, -0.25) is 0 Å². The standard InChI is InChI=1S/C14H17NO3S/c1-9(16)13-5-4-11(17-3)6-14(13)18-8-12-7-15-10(2)19-12/h4-7,9,16H,8H2,1-3H3/t9-/m1/s1. The summed E-state index contributed by atoms with van der Waals surface area (Å²) >= 11 is 1.60. The average molecular weight is 279 g/mol. The summed E-state index contributed by atoms with van der Waals surface area (Å²) in [6, 6.07) is 5.42. The van der Waals surface area contributed by atoms with E-state index in [2.05, 4.69) is 4.98 Å². The van der Waals surface area contributed by atoms with Crippen LogP contribution < -0.4 is 9.47 Å². The highest BCUT2D eigenvalue weighted by Crippen LogP contribution is 2.30. The maximum atomic E-state index is 9.74. The van der Waals surface area contributed by atoms with Crippen molar-refractivity contribution in [3.05, 3.63) is 39.8 Å². The fourth-order valence-corrected chi connectivity index (χ4v) is 2.44. The molecule has 4 nitrogen and oxygen atoms in total. The van der Waals surface area contributed by atoms with Gasteiger partial charge < -0.3 is 14.6 Å². The van der Waals surface area contributed by atoms with E-state index in [1.807, 2.05) is 25.3 Å². The number of methoxy groups -OCH3 is 1. The van der Waals surface area contributed by atoms with Crippen LogP contribution in [0.15, 0.2) is 24.4 Å². The molecule has 1 aromatic heterocycles. The minimum atomic E-state index is -0.580. The quantitative estimate of drug-likeness (QED) is 0.913. The van der Waals surface area contributed by atoms with Gasteiger partial charge in [0.2, 0.25) is 0 Å². The lowest BCUT2D eigenvalue weighted by Crippen LogP contribution is -2.00. The molecule has 2 rings (SSSR count). The van der Waals surface area contributed by atoms with Gasteiger partial charge in [0.1, 0.15) is 18.1 Å². The Morgan fingerprint density at radius 2 is 2.21 bits per heavy atom. The van der Waals surface area contributed by atoms with E-state index in [1.54, 1.807) is 31.4 Å². The van der Waals surface area contributed by atoms with Crippen LogP contribution in [0.25, 0.3) is 0 Å². The Morgan fingerprint density at radius 3 is 2.79 bits per heavy atom. The van der Waals surface area contributed by atoms with E-state index >= 15 is 0 Å². The summed E-state index contributed by atoms with van der Waals surface area (Å²) in [6.07, 6.45) is 1.23. The van der Waals surface area contributed by atoms with Gasteiger partial charge in [0.15, 0.2) is 0 Å². The van der Waals surface area contributed by atoms with Gasteiger partial charge in [-0.2, -0.15) is 0 Å². The Bertz CT molecular complexity index is 551. The third kappa shape index (κ3) is 3.45. The molecular formula is C14H17NO3S. The smallest absolute Gasteiger partial charge is 0.129 e. The van der Waals surface area contributed by atoms with Crippen molar-refractivity contribution in [3.63, 3.8) is 0 Å². The molecule has 0 aliphatic heterocycles. The molecule has 0 amide bonds. The molecule has 0 unspecified atom stereocenters. The third-order valence-corrected chi connectivity index (χ3v) is 3.60. The number of aliphatic hydroxyl groups is 1. The molecule has 0 fully saturated rings. The van der Waals surface area contributed by atoms with Crippen LogP contribution in [0, 0.1) is 6.92 Å². The number of thiazole rings is 1. The van der Waals surface area contributed by atoms with E-state index in [-0.39, 0.29) is 0 Å². The summed E-state index contributed by atoms with van der Waals surface area (Å²) in [5.41, 5.74) is 0.752. The molecular weight excluding hydrogens is 262 g/mol. The number of aliphatic hydroxyl groups excluding tert-OH is 1. The molecule has 0 saturated heterocycles. The molecule has 0 spiro atoms. The number of hydrogen-bond acceptors (Lipinski definition) is 5. The summed E-state index contributed by atoms with van der Waals surface area (Å²) in [6.45, 7) is 4.12. The Balaban J connectivity index is 2.17. The molecule has 2 aromatic rings. The maximum absolute atomic E-state index is 9.74. The van der Waals surface area contributed by atoms with Crippen molar-refractivity contribution < 1.29 is 14.6 Å². The molecule has 0 aliphatic rings. The molecule has 19 heavy (non-hydrogen) atoms. The van der Waals surface area contributed by atoms with Gasteiger partial charge in [-0.05, 0) is 26.0 Å². The Kier molecular flexibility index (Phi) is 4.39. The first-order valence-corrected chi connectivity index (χ1v) is 6.82. The normalized spacial score (nSPS) is 12.2. The van der Waals surface area contributed by atoms with Crippen molar-refractivity contribution >= 4 is 11.3 Å². The number of hydrogen-bond donors (Lipinski definition) is 1. The molecule has 1 heterocycles. The predicted molar refractivity (Wildman–Crippen MR) is 74.8 cm³/mol. The van der Waals surface area contributed by atoms with E-state index < -0.39 is 6.10 Å². The third-order valence-electron chi connectivity index (χ3n) is 2.71. The van der Waals surface area contributed by atoms with Crippen LogP contribution in [0.2, 0.25) is 0 Å². The molecule has 1 atom stereocenters. The topological polar surface area (TPSA) is 51.6 Å². The lowest BCUT2D eigenvalue weighted by Gasteiger charge is -2.14. The summed E-state index contributed by atoms with van der Waals surface area (Å²) < 4.78 is 10.9. The zero-order valence-electron chi connectivity index (χ0n) is 11.2. The van der Waals surface area contributed by atoms with Gasteiger partial charge in [0, 0.05) is 17.8 Å². The maximum Gasteiger partial charge on any atom is 0.129 e. The van der Waals surface area contributed by atoms with Gasteiger partial charge in [-0.1, -0.05) is 0 Å². The minimum Gasteiger partial charge on any atom is -0.497 e. The van der Waals surface area contributed by atoms with Crippen LogP contribution in [0.1, 0.15) is 28.5 Å². The molecule has 0 saturated carbocycles. The van der Waals surface area contributed by atoms with Gasteiger partial charge in [0.05, 0.1) is 23.1 Å². The largest absolute Gasteiger partial charge is 0.497 e. The zero-order chi connectivity index (χ0) is 13.8. The summed E-state index contributed by atoms with van der Waals surface area (Å²) in [7, 11) is 1.60. The lowest BCUT2D eigenvalue weighted by atomic mass is 10.1. The van der Waals surface area contributed by atoms with Gasteiger partial charge in [-0.15, -0.1) is 11.3 Å². The van der Waals surface area contributed by atoms with Crippen LogP contribution >= 0.6 is 11.3 Å². The van der Waals surface area contributed by atoms with Crippen LogP contribution in [0.5, 0.6) is 11.5 Å². The van der Waals surface area contributed by atoms with Crippen molar-refractivity contribution in [2.45, 2.75) is 26.6 Å². The summed E-state index contributed by atoms with van der Waals surface area (Å²) in [4.78, 5) is 5.24. The van der Waals surface area contributed by atoms with Crippen LogP contribution in [-0.2, 0) is 6.61 Å². The highest BCUT2D eigenvalue weighted by atomic mass is 32.1. The SMILES string of the molecule is COc1ccc([C@@H](C)O)c(OCc2cnc(C)s2)c1. The second-order valence-corrected chi connectivity index (χ2v) is 5.53. The molecule has 1 aromatic carbocycles. The number of rotatable bonds is 5. The Labute approximate surface area is 116 Å². The van der Waals surface area contributed by atoms with Gasteiger partial charge in [0.25, 0.3) is 0 Å². The molecule has 5 heteroatoms. The predicted octanol–water partition coefficient (Wildman–Crippen LogP) is 3.09. The Morgan fingerprint density at radius 1 is 1.42 bits per heavy atom. The van der Waals surface area contributed by atoms with Crippen molar-refractivity contribution in [3.8, 4) is 11.5 Å². The lowest BCUT2D eigenvalue weighted by molar-refractivity contribution is 0.190. The number of aromatic nitrogens is 1. The van der Waals surface area contributed by atoms with Crippen molar-refractivity contribution in [1.29, 1.82) is 0 Å².